The second kappa shape index (κ2) is 6.02. The van der Waals surface area contributed by atoms with Gasteiger partial charge in [-0.15, -0.1) is 0 Å². The molecule has 0 bridgehead atoms. The van der Waals surface area contributed by atoms with E-state index in [4.69, 9.17) is 10.5 Å². The topological polar surface area (TPSA) is 35.2 Å². The summed E-state index contributed by atoms with van der Waals surface area (Å²) in [4.78, 5) is 0. The number of nitrogens with two attached hydrogens (primary N) is 1. The van der Waals surface area contributed by atoms with Crippen molar-refractivity contribution in [2.75, 3.05) is 0 Å². The van der Waals surface area contributed by atoms with E-state index in [1.54, 1.807) is 0 Å². The molecular weight excluding hydrogens is 198 g/mol. The fraction of sp³-hybridized carbons (Fsp3) is 1.00. The monoisotopic (exact) mass is 225 g/mol. The van der Waals surface area contributed by atoms with Gasteiger partial charge in [-0.2, -0.15) is 0 Å². The summed E-state index contributed by atoms with van der Waals surface area (Å²) in [6.07, 6.45) is 12.5. The Morgan fingerprint density at radius 3 is 2.38 bits per heavy atom. The van der Waals surface area contributed by atoms with Gasteiger partial charge in [0.05, 0.1) is 12.2 Å². The molecule has 0 amide bonds. The molecule has 2 aliphatic carbocycles. The van der Waals surface area contributed by atoms with E-state index in [9.17, 15) is 0 Å². The zero-order valence-corrected chi connectivity index (χ0v) is 10.7. The minimum atomic E-state index is 0.394. The highest BCUT2D eigenvalue weighted by Gasteiger charge is 2.26. The summed E-state index contributed by atoms with van der Waals surface area (Å²) in [5.41, 5.74) is 5.99. The number of hydrogen-bond acceptors (Lipinski definition) is 2. The van der Waals surface area contributed by atoms with Gasteiger partial charge in [0.1, 0.15) is 0 Å². The van der Waals surface area contributed by atoms with Crippen molar-refractivity contribution in [1.29, 1.82) is 0 Å². The van der Waals surface area contributed by atoms with Gasteiger partial charge in [0, 0.05) is 6.04 Å². The first kappa shape index (κ1) is 12.4. The van der Waals surface area contributed by atoms with Gasteiger partial charge in [-0.3, -0.25) is 0 Å². The predicted molar refractivity (Wildman–Crippen MR) is 67.4 cm³/mol. The molecule has 0 spiro atoms. The molecule has 16 heavy (non-hydrogen) atoms. The van der Waals surface area contributed by atoms with Gasteiger partial charge in [0.25, 0.3) is 0 Å². The summed E-state index contributed by atoms with van der Waals surface area (Å²) >= 11 is 0. The predicted octanol–water partition coefficient (Wildman–Crippen LogP) is 3.24. The Kier molecular flexibility index (Phi) is 4.66. The van der Waals surface area contributed by atoms with Gasteiger partial charge < -0.3 is 10.5 Å². The van der Waals surface area contributed by atoms with E-state index in [2.05, 4.69) is 6.92 Å². The van der Waals surface area contributed by atoms with Crippen LogP contribution in [0.5, 0.6) is 0 Å². The summed E-state index contributed by atoms with van der Waals surface area (Å²) in [7, 11) is 0. The highest BCUT2D eigenvalue weighted by atomic mass is 16.5. The lowest BCUT2D eigenvalue weighted by Crippen LogP contribution is -2.35. The minimum Gasteiger partial charge on any atom is -0.375 e. The molecule has 0 aromatic heterocycles. The molecule has 2 heteroatoms. The quantitative estimate of drug-likeness (QED) is 0.800. The first-order valence-electron chi connectivity index (χ1n) is 7.19. The molecule has 0 radical (unpaired) electrons. The van der Waals surface area contributed by atoms with Crippen LogP contribution in [0.3, 0.4) is 0 Å². The molecule has 2 rings (SSSR count). The normalized spacial score (nSPS) is 40.9. The number of hydrogen-bond donors (Lipinski definition) is 1. The van der Waals surface area contributed by atoms with E-state index in [1.807, 2.05) is 0 Å². The molecule has 2 nitrogen and oxygen atoms in total. The van der Waals surface area contributed by atoms with E-state index in [0.29, 0.717) is 18.2 Å². The number of ether oxygens (including phenoxy) is 1. The van der Waals surface area contributed by atoms with Crippen LogP contribution in [0.4, 0.5) is 0 Å². The van der Waals surface area contributed by atoms with Crippen LogP contribution in [0, 0.1) is 5.92 Å². The summed E-state index contributed by atoms with van der Waals surface area (Å²) in [5.74, 6) is 0.966. The maximum absolute atomic E-state index is 6.22. The van der Waals surface area contributed by atoms with Crippen molar-refractivity contribution in [3.05, 3.63) is 0 Å². The van der Waals surface area contributed by atoms with Gasteiger partial charge in [0.15, 0.2) is 0 Å². The van der Waals surface area contributed by atoms with Crippen LogP contribution in [0.1, 0.15) is 64.7 Å². The Morgan fingerprint density at radius 1 is 1.00 bits per heavy atom. The average molecular weight is 225 g/mol. The van der Waals surface area contributed by atoms with Crippen molar-refractivity contribution < 1.29 is 4.74 Å². The lowest BCUT2D eigenvalue weighted by molar-refractivity contribution is -0.0536. The Hall–Kier alpha value is -0.0800. The molecule has 0 aromatic carbocycles. The maximum Gasteiger partial charge on any atom is 0.0593 e. The molecule has 2 N–H and O–H groups in total. The molecule has 2 atom stereocenters. The Bertz CT molecular complexity index is 199. The minimum absolute atomic E-state index is 0.394. The lowest BCUT2D eigenvalue weighted by atomic mass is 9.85. The Labute approximate surface area is 99.9 Å². The lowest BCUT2D eigenvalue weighted by Gasteiger charge is -2.34. The van der Waals surface area contributed by atoms with E-state index >= 15 is 0 Å². The molecule has 2 saturated carbocycles. The zero-order valence-electron chi connectivity index (χ0n) is 10.7. The second-order valence-corrected chi connectivity index (χ2v) is 5.74. The Morgan fingerprint density at radius 2 is 1.75 bits per heavy atom. The third-order valence-corrected chi connectivity index (χ3v) is 4.42. The van der Waals surface area contributed by atoms with Crippen molar-refractivity contribution in [2.45, 2.75) is 83.0 Å². The van der Waals surface area contributed by atoms with Crippen LogP contribution in [0.25, 0.3) is 0 Å². The molecule has 0 saturated heterocycles. The first-order chi connectivity index (χ1) is 7.78. The molecular formula is C14H27NO. The van der Waals surface area contributed by atoms with Gasteiger partial charge in [-0.1, -0.05) is 13.3 Å². The van der Waals surface area contributed by atoms with E-state index < -0.39 is 0 Å². The first-order valence-corrected chi connectivity index (χ1v) is 7.19. The summed E-state index contributed by atoms with van der Waals surface area (Å²) in [5, 5.41) is 0. The molecule has 0 aromatic rings. The SMILES string of the molecule is CCC1CCC(OC2CCCC(N)C2)CC1. The highest BCUT2D eigenvalue weighted by Crippen LogP contribution is 2.31. The van der Waals surface area contributed by atoms with E-state index in [-0.39, 0.29) is 0 Å². The fourth-order valence-corrected chi connectivity index (χ4v) is 3.25. The molecule has 2 fully saturated rings. The van der Waals surface area contributed by atoms with Gasteiger partial charge in [-0.05, 0) is 57.3 Å². The largest absolute Gasteiger partial charge is 0.375 e. The second-order valence-electron chi connectivity index (χ2n) is 5.74. The van der Waals surface area contributed by atoms with E-state index in [1.165, 1.54) is 51.4 Å². The smallest absolute Gasteiger partial charge is 0.0593 e. The van der Waals surface area contributed by atoms with Crippen molar-refractivity contribution in [3.63, 3.8) is 0 Å². The van der Waals surface area contributed by atoms with Crippen LogP contribution in [0.2, 0.25) is 0 Å². The van der Waals surface area contributed by atoms with Crippen molar-refractivity contribution in [1.82, 2.24) is 0 Å². The molecule has 0 aliphatic heterocycles. The standard InChI is InChI=1S/C14H27NO/c1-2-11-6-8-13(9-7-11)16-14-5-3-4-12(15)10-14/h11-14H,2-10,15H2,1H3. The maximum atomic E-state index is 6.22. The van der Waals surface area contributed by atoms with E-state index in [0.717, 1.165) is 12.3 Å². The van der Waals surface area contributed by atoms with Crippen LogP contribution in [-0.2, 0) is 4.74 Å². The average Bonchev–Trinajstić information content (AvgIpc) is 2.30. The Balaban J connectivity index is 1.69. The highest BCUT2D eigenvalue weighted by molar-refractivity contribution is 4.78. The third-order valence-electron chi connectivity index (χ3n) is 4.42. The van der Waals surface area contributed by atoms with Crippen LogP contribution >= 0.6 is 0 Å². The van der Waals surface area contributed by atoms with Gasteiger partial charge in [-0.25, -0.2) is 0 Å². The van der Waals surface area contributed by atoms with Crippen LogP contribution in [0.15, 0.2) is 0 Å². The number of rotatable bonds is 3. The van der Waals surface area contributed by atoms with Gasteiger partial charge >= 0.3 is 0 Å². The van der Waals surface area contributed by atoms with Gasteiger partial charge in [0.2, 0.25) is 0 Å². The van der Waals surface area contributed by atoms with Crippen molar-refractivity contribution >= 4 is 0 Å². The van der Waals surface area contributed by atoms with Crippen LogP contribution in [-0.4, -0.2) is 18.2 Å². The molecule has 2 aliphatic rings. The zero-order chi connectivity index (χ0) is 11.4. The summed E-state index contributed by atoms with van der Waals surface area (Å²) < 4.78 is 6.22. The van der Waals surface area contributed by atoms with Crippen molar-refractivity contribution in [2.24, 2.45) is 11.7 Å². The van der Waals surface area contributed by atoms with Crippen LogP contribution < -0.4 is 5.73 Å². The third kappa shape index (κ3) is 3.46. The fourth-order valence-electron chi connectivity index (χ4n) is 3.25. The summed E-state index contributed by atoms with van der Waals surface area (Å²) in [6.45, 7) is 2.31. The molecule has 0 heterocycles. The summed E-state index contributed by atoms with van der Waals surface area (Å²) in [6, 6.07) is 0.394. The molecule has 2 unspecified atom stereocenters. The molecule has 94 valence electrons. The van der Waals surface area contributed by atoms with Crippen molar-refractivity contribution in [3.8, 4) is 0 Å².